The number of nitrogens with zero attached hydrogens (tertiary/aromatic N) is 4. The van der Waals surface area contributed by atoms with Crippen molar-refractivity contribution in [1.82, 2.24) is 19.8 Å². The second kappa shape index (κ2) is 8.06. The molecule has 0 saturated carbocycles. The molecule has 3 aromatic rings. The summed E-state index contributed by atoms with van der Waals surface area (Å²) >= 11 is 1.48. The van der Waals surface area contributed by atoms with Crippen molar-refractivity contribution in [3.63, 3.8) is 0 Å². The highest BCUT2D eigenvalue weighted by Crippen LogP contribution is 2.39. The number of carbonyl (C=O) groups is 1. The van der Waals surface area contributed by atoms with Crippen LogP contribution in [0.5, 0.6) is 0 Å². The van der Waals surface area contributed by atoms with E-state index in [9.17, 15) is 4.79 Å². The third kappa shape index (κ3) is 3.38. The summed E-state index contributed by atoms with van der Waals surface area (Å²) in [6.45, 7) is 5.40. The number of amides is 1. The van der Waals surface area contributed by atoms with Gasteiger partial charge in [-0.3, -0.25) is 4.79 Å². The lowest BCUT2D eigenvalue weighted by molar-refractivity contribution is -0.130. The van der Waals surface area contributed by atoms with Gasteiger partial charge in [0.15, 0.2) is 5.82 Å². The average Bonchev–Trinajstić information content (AvgIpc) is 3.18. The van der Waals surface area contributed by atoms with Crippen molar-refractivity contribution in [2.45, 2.75) is 30.3 Å². The van der Waals surface area contributed by atoms with E-state index < -0.39 is 0 Å². The molecule has 4 rings (SSSR count). The van der Waals surface area contributed by atoms with Gasteiger partial charge >= 0.3 is 0 Å². The highest BCUT2D eigenvalue weighted by molar-refractivity contribution is 8.00. The number of hydrogen-bond donors (Lipinski definition) is 1. The van der Waals surface area contributed by atoms with Crippen molar-refractivity contribution in [3.8, 4) is 11.4 Å². The highest BCUT2D eigenvalue weighted by Gasteiger charge is 2.39. The van der Waals surface area contributed by atoms with E-state index in [1.54, 1.807) is 0 Å². The Morgan fingerprint density at radius 3 is 2.32 bits per heavy atom. The van der Waals surface area contributed by atoms with E-state index in [0.29, 0.717) is 18.2 Å². The fourth-order valence-corrected chi connectivity index (χ4v) is 4.61. The van der Waals surface area contributed by atoms with E-state index in [1.165, 1.54) is 11.8 Å². The van der Waals surface area contributed by atoms with Gasteiger partial charge in [0.1, 0.15) is 5.25 Å². The van der Waals surface area contributed by atoms with Crippen molar-refractivity contribution in [1.29, 1.82) is 0 Å². The third-order valence-corrected chi connectivity index (χ3v) is 6.15. The van der Waals surface area contributed by atoms with Crippen molar-refractivity contribution in [2.75, 3.05) is 18.5 Å². The van der Waals surface area contributed by atoms with Crippen LogP contribution < -0.4 is 5.43 Å². The smallest absolute Gasteiger partial charge is 0.238 e. The summed E-state index contributed by atoms with van der Waals surface area (Å²) in [6, 6.07) is 19.9. The molecule has 1 amide bonds. The van der Waals surface area contributed by atoms with E-state index in [1.807, 2.05) is 72.0 Å². The maximum Gasteiger partial charge on any atom is 0.238 e. The molecule has 0 unspecified atom stereocenters. The number of nitrogens with one attached hydrogen (secondary N) is 1. The van der Waals surface area contributed by atoms with Crippen LogP contribution in [0.4, 0.5) is 0 Å². The van der Waals surface area contributed by atoms with Gasteiger partial charge in [-0.15, -0.1) is 10.2 Å². The fraction of sp³-hybridized carbons (Fsp3) is 0.286. The van der Waals surface area contributed by atoms with Crippen LogP contribution in [0.1, 0.15) is 25.5 Å². The minimum atomic E-state index is -0.303. The summed E-state index contributed by atoms with van der Waals surface area (Å²) in [7, 11) is 0. The first-order chi connectivity index (χ1) is 13.7. The molecule has 1 aromatic heterocycles. The van der Waals surface area contributed by atoms with Gasteiger partial charge in [-0.2, -0.15) is 0 Å². The van der Waals surface area contributed by atoms with E-state index in [-0.39, 0.29) is 17.2 Å². The van der Waals surface area contributed by atoms with Crippen LogP contribution in [0.15, 0.2) is 65.8 Å². The number of hydrogen-bond acceptors (Lipinski definition) is 5. The quantitative estimate of drug-likeness (QED) is 0.718. The van der Waals surface area contributed by atoms with E-state index in [2.05, 4.69) is 27.8 Å². The molecule has 28 heavy (non-hydrogen) atoms. The van der Waals surface area contributed by atoms with E-state index in [0.717, 1.165) is 17.0 Å². The third-order valence-electron chi connectivity index (χ3n) is 4.95. The molecule has 2 aromatic carbocycles. The van der Waals surface area contributed by atoms with E-state index >= 15 is 0 Å². The lowest BCUT2D eigenvalue weighted by Gasteiger charge is -2.35. The van der Waals surface area contributed by atoms with Crippen molar-refractivity contribution >= 4 is 17.7 Å². The molecule has 0 aliphatic carbocycles. The second-order valence-electron chi connectivity index (χ2n) is 6.57. The average molecular weight is 394 g/mol. The van der Waals surface area contributed by atoms with Crippen LogP contribution in [-0.2, 0) is 4.79 Å². The zero-order valence-electron chi connectivity index (χ0n) is 15.9. The molecule has 0 saturated heterocycles. The zero-order chi connectivity index (χ0) is 19.5. The topological polar surface area (TPSA) is 63.1 Å². The predicted octanol–water partition coefficient (Wildman–Crippen LogP) is 3.57. The highest BCUT2D eigenvalue weighted by atomic mass is 32.2. The molecule has 6 nitrogen and oxygen atoms in total. The van der Waals surface area contributed by atoms with Crippen LogP contribution in [0.2, 0.25) is 0 Å². The molecule has 0 fully saturated rings. The SMILES string of the molecule is CCN(CC)C(=O)[C@H]1Sc2nnc(-c3ccccc3)n2N[C@H]1c1ccccc1. The molecule has 1 aliphatic heterocycles. The van der Waals surface area contributed by atoms with Gasteiger partial charge in [-0.05, 0) is 19.4 Å². The molecule has 0 bridgehead atoms. The Balaban J connectivity index is 1.75. The first kappa shape index (κ1) is 18.6. The van der Waals surface area contributed by atoms with Crippen molar-refractivity contribution in [2.24, 2.45) is 0 Å². The van der Waals surface area contributed by atoms with Crippen LogP contribution in [0.3, 0.4) is 0 Å². The Morgan fingerprint density at radius 2 is 1.68 bits per heavy atom. The minimum absolute atomic E-state index is 0.117. The molecule has 1 aliphatic rings. The summed E-state index contributed by atoms with van der Waals surface area (Å²) in [5.74, 6) is 0.865. The van der Waals surface area contributed by atoms with Gasteiger partial charge in [-0.25, -0.2) is 4.68 Å². The van der Waals surface area contributed by atoms with Crippen LogP contribution in [-0.4, -0.2) is 44.0 Å². The lowest BCUT2D eigenvalue weighted by atomic mass is 10.0. The Hall–Kier alpha value is -2.80. The van der Waals surface area contributed by atoms with Crippen molar-refractivity contribution < 1.29 is 4.79 Å². The maximum atomic E-state index is 13.2. The Bertz CT molecular complexity index is 940. The molecule has 2 atom stereocenters. The molecule has 144 valence electrons. The van der Waals surface area contributed by atoms with Crippen LogP contribution in [0, 0.1) is 0 Å². The second-order valence-corrected chi connectivity index (χ2v) is 7.68. The number of thioether (sulfide) groups is 1. The van der Waals surface area contributed by atoms with Gasteiger partial charge in [0.25, 0.3) is 0 Å². The molecule has 7 heteroatoms. The predicted molar refractivity (Wildman–Crippen MR) is 112 cm³/mol. The Labute approximate surface area is 168 Å². The van der Waals surface area contributed by atoms with Crippen molar-refractivity contribution in [3.05, 3.63) is 66.2 Å². The molecule has 0 radical (unpaired) electrons. The monoisotopic (exact) mass is 393 g/mol. The summed E-state index contributed by atoms with van der Waals surface area (Å²) in [5, 5.41) is 9.13. The summed E-state index contributed by atoms with van der Waals surface area (Å²) in [5.41, 5.74) is 5.57. The molecule has 0 spiro atoms. The standard InChI is InChI=1S/C21H23N5OS/c1-3-25(4-2)20(27)18-17(15-11-7-5-8-12-15)24-26-19(22-23-21(26)28-18)16-13-9-6-10-14-16/h5-14,17-18,24H,3-4H2,1-2H3/t17-,18-/m0/s1. The summed E-state index contributed by atoms with van der Waals surface area (Å²) in [6.07, 6.45) is 0. The zero-order valence-corrected chi connectivity index (χ0v) is 16.8. The fourth-order valence-electron chi connectivity index (χ4n) is 3.44. The van der Waals surface area contributed by atoms with Gasteiger partial charge in [-0.1, -0.05) is 72.4 Å². The number of fused-ring (bicyclic) bond motifs is 1. The van der Waals surface area contributed by atoms with Gasteiger partial charge in [0, 0.05) is 18.7 Å². The van der Waals surface area contributed by atoms with Gasteiger partial charge in [0.05, 0.1) is 6.04 Å². The number of aromatic nitrogens is 3. The molecule has 1 N–H and O–H groups in total. The first-order valence-electron chi connectivity index (χ1n) is 9.50. The first-order valence-corrected chi connectivity index (χ1v) is 10.4. The Morgan fingerprint density at radius 1 is 1.04 bits per heavy atom. The van der Waals surface area contributed by atoms with Gasteiger partial charge < -0.3 is 10.3 Å². The Kier molecular flexibility index (Phi) is 5.34. The number of benzene rings is 2. The molecular formula is C21H23N5OS. The summed E-state index contributed by atoms with van der Waals surface area (Å²) < 4.78 is 1.91. The molecular weight excluding hydrogens is 370 g/mol. The number of carbonyl (C=O) groups excluding carboxylic acids is 1. The molecule has 2 heterocycles. The minimum Gasteiger partial charge on any atom is -0.342 e. The maximum absolute atomic E-state index is 13.2. The van der Waals surface area contributed by atoms with Crippen LogP contribution >= 0.6 is 11.8 Å². The lowest BCUT2D eigenvalue weighted by Crippen LogP contribution is -2.45. The largest absolute Gasteiger partial charge is 0.342 e. The summed E-state index contributed by atoms with van der Waals surface area (Å²) in [4.78, 5) is 15.1. The van der Waals surface area contributed by atoms with E-state index in [4.69, 9.17) is 0 Å². The number of rotatable bonds is 5. The van der Waals surface area contributed by atoms with Gasteiger partial charge in [0.2, 0.25) is 11.1 Å². The van der Waals surface area contributed by atoms with Crippen LogP contribution in [0.25, 0.3) is 11.4 Å². The normalized spacial score (nSPS) is 18.2.